The minimum atomic E-state index is -0.533. The number of aromatic nitrogens is 2. The van der Waals surface area contributed by atoms with Gasteiger partial charge in [0.05, 0.1) is 16.8 Å². The van der Waals surface area contributed by atoms with Gasteiger partial charge in [0.1, 0.15) is 0 Å². The largest absolute Gasteiger partial charge is 0.381 e. The maximum Gasteiger partial charge on any atom is 0.250 e. The van der Waals surface area contributed by atoms with Crippen molar-refractivity contribution in [3.05, 3.63) is 46.7 Å². The molecule has 0 saturated carbocycles. The summed E-state index contributed by atoms with van der Waals surface area (Å²) in [5, 5.41) is 7.84. The Morgan fingerprint density at radius 3 is 3.00 bits per heavy atom. The number of nitrogens with one attached hydrogen (secondary N) is 1. The maximum absolute atomic E-state index is 11.2. The van der Waals surface area contributed by atoms with Crippen molar-refractivity contribution in [3.63, 3.8) is 0 Å². The number of carbonyl (C=O) groups is 1. The highest BCUT2D eigenvalue weighted by Gasteiger charge is 2.07. The van der Waals surface area contributed by atoms with Crippen LogP contribution in [0.3, 0.4) is 0 Å². The summed E-state index contributed by atoms with van der Waals surface area (Å²) < 4.78 is 1.91. The van der Waals surface area contributed by atoms with Crippen LogP contribution in [0.15, 0.2) is 30.6 Å². The molecular formula is C14H17ClN4O. The van der Waals surface area contributed by atoms with E-state index in [1.807, 2.05) is 23.1 Å². The van der Waals surface area contributed by atoms with Gasteiger partial charge in [0.25, 0.3) is 0 Å². The van der Waals surface area contributed by atoms with Crippen molar-refractivity contribution in [2.75, 3.05) is 5.32 Å². The minimum absolute atomic E-state index is 0.318. The van der Waals surface area contributed by atoms with Gasteiger partial charge in [-0.05, 0) is 24.6 Å². The van der Waals surface area contributed by atoms with E-state index < -0.39 is 5.91 Å². The third-order valence-electron chi connectivity index (χ3n) is 2.87. The molecular weight excluding hydrogens is 276 g/mol. The monoisotopic (exact) mass is 292 g/mol. The fourth-order valence-corrected chi connectivity index (χ4v) is 2.09. The lowest BCUT2D eigenvalue weighted by molar-refractivity contribution is 0.100. The Hall–Kier alpha value is -2.01. The summed E-state index contributed by atoms with van der Waals surface area (Å²) in [7, 11) is 0. The second-order valence-corrected chi connectivity index (χ2v) is 4.93. The van der Waals surface area contributed by atoms with Crippen LogP contribution in [0, 0.1) is 0 Å². The summed E-state index contributed by atoms with van der Waals surface area (Å²) in [6.07, 6.45) is 4.88. The Labute approximate surface area is 122 Å². The van der Waals surface area contributed by atoms with E-state index in [1.54, 1.807) is 12.1 Å². The standard InChI is InChI=1S/C14H17ClN4O/c1-2-5-19-9-10(8-18-19)7-17-11-3-4-13(15)12(6-11)14(16)20/h3-4,6,8-9,17H,2,5,7H2,1H3,(H2,16,20). The molecule has 2 rings (SSSR count). The number of halogens is 1. The predicted molar refractivity (Wildman–Crippen MR) is 79.8 cm³/mol. The number of carbonyl (C=O) groups excluding carboxylic acids is 1. The molecule has 0 aliphatic carbocycles. The van der Waals surface area contributed by atoms with E-state index in [0.717, 1.165) is 24.2 Å². The Balaban J connectivity index is 2.03. The van der Waals surface area contributed by atoms with Crippen molar-refractivity contribution in [1.82, 2.24) is 9.78 Å². The number of benzene rings is 1. The van der Waals surface area contributed by atoms with Crippen LogP contribution in [0.4, 0.5) is 5.69 Å². The highest BCUT2D eigenvalue weighted by atomic mass is 35.5. The van der Waals surface area contributed by atoms with Gasteiger partial charge < -0.3 is 11.1 Å². The Morgan fingerprint density at radius 2 is 2.30 bits per heavy atom. The van der Waals surface area contributed by atoms with E-state index in [-0.39, 0.29) is 0 Å². The first-order chi connectivity index (χ1) is 9.60. The molecule has 106 valence electrons. The van der Waals surface area contributed by atoms with Gasteiger partial charge in [0, 0.05) is 30.5 Å². The average Bonchev–Trinajstić information content (AvgIpc) is 2.86. The predicted octanol–water partition coefficient (Wildman–Crippen LogP) is 2.66. The maximum atomic E-state index is 11.2. The number of hydrogen-bond donors (Lipinski definition) is 2. The Morgan fingerprint density at radius 1 is 1.50 bits per heavy atom. The molecule has 1 aromatic carbocycles. The molecule has 2 aromatic rings. The zero-order chi connectivity index (χ0) is 14.5. The van der Waals surface area contributed by atoms with Crippen molar-refractivity contribution >= 4 is 23.2 Å². The number of nitrogens with zero attached hydrogens (tertiary/aromatic N) is 2. The van der Waals surface area contributed by atoms with Crippen LogP contribution >= 0.6 is 11.6 Å². The average molecular weight is 293 g/mol. The summed E-state index contributed by atoms with van der Waals surface area (Å²) >= 11 is 5.90. The first-order valence-electron chi connectivity index (χ1n) is 6.44. The van der Waals surface area contributed by atoms with Crippen LogP contribution < -0.4 is 11.1 Å². The number of anilines is 1. The normalized spacial score (nSPS) is 10.5. The lowest BCUT2D eigenvalue weighted by Gasteiger charge is -2.07. The fraction of sp³-hybridized carbons (Fsp3) is 0.286. The molecule has 0 aliphatic heterocycles. The van der Waals surface area contributed by atoms with Crippen molar-refractivity contribution in [2.45, 2.75) is 26.4 Å². The van der Waals surface area contributed by atoms with Crippen molar-refractivity contribution < 1.29 is 4.79 Å². The lowest BCUT2D eigenvalue weighted by atomic mass is 10.2. The fourth-order valence-electron chi connectivity index (χ4n) is 1.88. The minimum Gasteiger partial charge on any atom is -0.381 e. The molecule has 20 heavy (non-hydrogen) atoms. The van der Waals surface area contributed by atoms with Gasteiger partial charge in [-0.25, -0.2) is 0 Å². The zero-order valence-corrected chi connectivity index (χ0v) is 12.0. The molecule has 0 fully saturated rings. The van der Waals surface area contributed by atoms with Crippen molar-refractivity contribution in [1.29, 1.82) is 0 Å². The van der Waals surface area contributed by atoms with E-state index >= 15 is 0 Å². The molecule has 0 aliphatic rings. The summed E-state index contributed by atoms with van der Waals surface area (Å²) in [6, 6.07) is 5.12. The number of hydrogen-bond acceptors (Lipinski definition) is 3. The molecule has 0 spiro atoms. The molecule has 6 heteroatoms. The van der Waals surface area contributed by atoms with Crippen molar-refractivity contribution in [3.8, 4) is 0 Å². The molecule has 1 amide bonds. The SMILES string of the molecule is CCCn1cc(CNc2ccc(Cl)c(C(N)=O)c2)cn1. The second-order valence-electron chi connectivity index (χ2n) is 4.52. The van der Waals surface area contributed by atoms with Crippen LogP contribution in [0.1, 0.15) is 29.3 Å². The third kappa shape index (κ3) is 3.51. The molecule has 0 saturated heterocycles. The molecule has 0 atom stereocenters. The van der Waals surface area contributed by atoms with E-state index in [0.29, 0.717) is 17.1 Å². The number of amides is 1. The number of nitrogens with two attached hydrogens (primary N) is 1. The molecule has 1 aromatic heterocycles. The van der Waals surface area contributed by atoms with E-state index in [1.165, 1.54) is 0 Å². The second kappa shape index (κ2) is 6.43. The van der Waals surface area contributed by atoms with Crippen LogP contribution in [0.25, 0.3) is 0 Å². The first kappa shape index (κ1) is 14.4. The third-order valence-corrected chi connectivity index (χ3v) is 3.20. The van der Waals surface area contributed by atoms with Gasteiger partial charge in [-0.15, -0.1) is 0 Å². The Bertz CT molecular complexity index is 609. The molecule has 0 radical (unpaired) electrons. The van der Waals surface area contributed by atoms with Gasteiger partial charge >= 0.3 is 0 Å². The lowest BCUT2D eigenvalue weighted by Crippen LogP contribution is -2.12. The van der Waals surface area contributed by atoms with E-state index in [4.69, 9.17) is 17.3 Å². The van der Waals surface area contributed by atoms with Gasteiger partial charge in [0.15, 0.2) is 0 Å². The van der Waals surface area contributed by atoms with Crippen LogP contribution in [0.2, 0.25) is 5.02 Å². The van der Waals surface area contributed by atoms with Gasteiger partial charge in [-0.1, -0.05) is 18.5 Å². The van der Waals surface area contributed by atoms with Crippen LogP contribution in [0.5, 0.6) is 0 Å². The van der Waals surface area contributed by atoms with Gasteiger partial charge in [-0.2, -0.15) is 5.10 Å². The van der Waals surface area contributed by atoms with Gasteiger partial charge in [0.2, 0.25) is 5.91 Å². The topological polar surface area (TPSA) is 72.9 Å². The molecule has 0 bridgehead atoms. The summed E-state index contributed by atoms with van der Waals surface area (Å²) in [4.78, 5) is 11.2. The molecule has 1 heterocycles. The zero-order valence-electron chi connectivity index (χ0n) is 11.3. The van der Waals surface area contributed by atoms with E-state index in [9.17, 15) is 4.79 Å². The molecule has 3 N–H and O–H groups in total. The first-order valence-corrected chi connectivity index (χ1v) is 6.82. The van der Waals surface area contributed by atoms with E-state index in [2.05, 4.69) is 17.3 Å². The molecule has 0 unspecified atom stereocenters. The summed E-state index contributed by atoms with van der Waals surface area (Å²) in [6.45, 7) is 3.65. The number of aryl methyl sites for hydroxylation is 1. The quantitative estimate of drug-likeness (QED) is 0.859. The molecule has 5 nitrogen and oxygen atoms in total. The van der Waals surface area contributed by atoms with Crippen molar-refractivity contribution in [2.24, 2.45) is 5.73 Å². The summed E-state index contributed by atoms with van der Waals surface area (Å²) in [5.41, 5.74) is 7.46. The summed E-state index contributed by atoms with van der Waals surface area (Å²) in [5.74, 6) is -0.533. The highest BCUT2D eigenvalue weighted by Crippen LogP contribution is 2.20. The number of primary amides is 1. The highest BCUT2D eigenvalue weighted by molar-refractivity contribution is 6.33. The van der Waals surface area contributed by atoms with Gasteiger partial charge in [-0.3, -0.25) is 9.48 Å². The number of rotatable bonds is 6. The van der Waals surface area contributed by atoms with Crippen LogP contribution in [-0.4, -0.2) is 15.7 Å². The smallest absolute Gasteiger partial charge is 0.250 e. The van der Waals surface area contributed by atoms with Crippen LogP contribution in [-0.2, 0) is 13.1 Å². The Kier molecular flexibility index (Phi) is 4.63.